The Kier molecular flexibility index (Phi) is 3.55. The molecule has 17 heavy (non-hydrogen) atoms. The lowest BCUT2D eigenvalue weighted by Crippen LogP contribution is -2.04. The second-order valence-electron chi connectivity index (χ2n) is 3.54. The van der Waals surface area contributed by atoms with Crippen LogP contribution in [0.2, 0.25) is 10.0 Å². The Morgan fingerprint density at radius 2 is 2.00 bits per heavy atom. The van der Waals surface area contributed by atoms with E-state index in [0.717, 1.165) is 10.8 Å². The first-order chi connectivity index (χ1) is 8.11. The Labute approximate surface area is 109 Å². The van der Waals surface area contributed by atoms with Gasteiger partial charge in [-0.05, 0) is 36.6 Å². The minimum atomic E-state index is -0.347. The number of carbonyl (C=O) groups is 1. The monoisotopic (exact) mass is 268 g/mol. The van der Waals surface area contributed by atoms with Crippen LogP contribution in [0.5, 0.6) is 0 Å². The molecule has 0 aromatic heterocycles. The van der Waals surface area contributed by atoms with E-state index < -0.39 is 0 Å². The lowest BCUT2D eigenvalue weighted by Gasteiger charge is -2.05. The quantitative estimate of drug-likeness (QED) is 0.759. The third kappa shape index (κ3) is 2.54. The fourth-order valence-electron chi connectivity index (χ4n) is 1.62. The topological polar surface area (TPSA) is 26.3 Å². The van der Waals surface area contributed by atoms with E-state index in [1.54, 1.807) is 37.3 Å². The summed E-state index contributed by atoms with van der Waals surface area (Å²) in [7, 11) is 0. The van der Waals surface area contributed by atoms with Crippen molar-refractivity contribution in [2.45, 2.75) is 6.92 Å². The maximum absolute atomic E-state index is 11.6. The Bertz CT molecular complexity index is 579. The molecule has 0 N–H and O–H groups in total. The zero-order valence-electron chi connectivity index (χ0n) is 9.17. The molecule has 2 rings (SSSR count). The molecule has 0 amide bonds. The van der Waals surface area contributed by atoms with Crippen molar-refractivity contribution >= 4 is 39.9 Å². The summed E-state index contributed by atoms with van der Waals surface area (Å²) < 4.78 is 4.93. The molecule has 0 aliphatic carbocycles. The Hall–Kier alpha value is -1.25. The van der Waals surface area contributed by atoms with Crippen LogP contribution >= 0.6 is 23.2 Å². The Morgan fingerprint density at radius 1 is 1.24 bits per heavy atom. The maximum Gasteiger partial charge on any atom is 0.338 e. The van der Waals surface area contributed by atoms with Crippen LogP contribution in [0.3, 0.4) is 0 Å². The first-order valence-electron chi connectivity index (χ1n) is 5.17. The average molecular weight is 269 g/mol. The first kappa shape index (κ1) is 12.2. The highest BCUT2D eigenvalue weighted by atomic mass is 35.5. The maximum atomic E-state index is 11.6. The van der Waals surface area contributed by atoms with Crippen LogP contribution in [0.15, 0.2) is 30.3 Å². The molecule has 2 nitrogen and oxygen atoms in total. The highest BCUT2D eigenvalue weighted by Gasteiger charge is 2.09. The summed E-state index contributed by atoms with van der Waals surface area (Å²) in [4.78, 5) is 11.6. The molecular weight excluding hydrogens is 259 g/mol. The van der Waals surface area contributed by atoms with E-state index in [1.165, 1.54) is 0 Å². The summed E-state index contributed by atoms with van der Waals surface area (Å²) >= 11 is 12.0. The van der Waals surface area contributed by atoms with Crippen molar-refractivity contribution in [2.75, 3.05) is 6.61 Å². The molecule has 0 aliphatic rings. The number of rotatable bonds is 2. The van der Waals surface area contributed by atoms with Gasteiger partial charge in [-0.2, -0.15) is 0 Å². The lowest BCUT2D eigenvalue weighted by atomic mass is 10.1. The van der Waals surface area contributed by atoms with E-state index in [1.807, 2.05) is 0 Å². The third-order valence-corrected chi connectivity index (χ3v) is 2.91. The second-order valence-corrected chi connectivity index (χ2v) is 4.39. The molecule has 2 aromatic rings. The van der Waals surface area contributed by atoms with Gasteiger partial charge in [0.05, 0.1) is 12.2 Å². The van der Waals surface area contributed by atoms with Crippen LogP contribution < -0.4 is 0 Å². The van der Waals surface area contributed by atoms with Crippen molar-refractivity contribution in [3.05, 3.63) is 45.9 Å². The fourth-order valence-corrected chi connectivity index (χ4v) is 2.18. The SMILES string of the molecule is CCOC(=O)c1ccc2cc(Cl)cc(Cl)c2c1. The average Bonchev–Trinajstić information content (AvgIpc) is 2.28. The van der Waals surface area contributed by atoms with Gasteiger partial charge in [-0.25, -0.2) is 4.79 Å². The van der Waals surface area contributed by atoms with Gasteiger partial charge in [0.15, 0.2) is 0 Å². The molecule has 0 atom stereocenters. The van der Waals surface area contributed by atoms with Crippen LogP contribution in [0.25, 0.3) is 10.8 Å². The minimum Gasteiger partial charge on any atom is -0.462 e. The number of hydrogen-bond donors (Lipinski definition) is 0. The number of hydrogen-bond acceptors (Lipinski definition) is 2. The van der Waals surface area contributed by atoms with Crippen LogP contribution in [0.4, 0.5) is 0 Å². The number of esters is 1. The predicted molar refractivity (Wildman–Crippen MR) is 69.9 cm³/mol. The van der Waals surface area contributed by atoms with Gasteiger partial charge in [0, 0.05) is 15.4 Å². The van der Waals surface area contributed by atoms with Crippen molar-refractivity contribution < 1.29 is 9.53 Å². The minimum absolute atomic E-state index is 0.347. The summed E-state index contributed by atoms with van der Waals surface area (Å²) in [6, 6.07) is 8.68. The Morgan fingerprint density at radius 3 is 2.71 bits per heavy atom. The molecule has 0 radical (unpaired) electrons. The van der Waals surface area contributed by atoms with E-state index >= 15 is 0 Å². The van der Waals surface area contributed by atoms with Gasteiger partial charge in [-0.3, -0.25) is 0 Å². The smallest absolute Gasteiger partial charge is 0.338 e. The van der Waals surface area contributed by atoms with Gasteiger partial charge in [-0.1, -0.05) is 29.3 Å². The largest absolute Gasteiger partial charge is 0.462 e. The van der Waals surface area contributed by atoms with Crippen LogP contribution in [-0.2, 0) is 4.74 Å². The molecule has 0 unspecified atom stereocenters. The summed E-state index contributed by atoms with van der Waals surface area (Å²) in [5.41, 5.74) is 0.489. The number of ether oxygens (including phenoxy) is 1. The van der Waals surface area contributed by atoms with Crippen molar-refractivity contribution in [3.63, 3.8) is 0 Å². The molecule has 0 saturated carbocycles. The van der Waals surface area contributed by atoms with Gasteiger partial charge in [0.25, 0.3) is 0 Å². The molecule has 4 heteroatoms. The van der Waals surface area contributed by atoms with Crippen molar-refractivity contribution in [3.8, 4) is 0 Å². The highest BCUT2D eigenvalue weighted by Crippen LogP contribution is 2.28. The number of halogens is 2. The Balaban J connectivity index is 2.54. The second kappa shape index (κ2) is 4.94. The molecule has 0 saturated heterocycles. The van der Waals surface area contributed by atoms with Crippen molar-refractivity contribution in [1.82, 2.24) is 0 Å². The third-order valence-electron chi connectivity index (χ3n) is 2.38. The normalized spacial score (nSPS) is 10.5. The van der Waals surface area contributed by atoms with E-state index in [4.69, 9.17) is 27.9 Å². The van der Waals surface area contributed by atoms with Crippen LogP contribution in [0, 0.1) is 0 Å². The number of carbonyl (C=O) groups excluding carboxylic acids is 1. The first-order valence-corrected chi connectivity index (χ1v) is 5.93. The molecule has 0 fully saturated rings. The molecular formula is C13H10Cl2O2. The summed E-state index contributed by atoms with van der Waals surface area (Å²) in [6.07, 6.45) is 0. The molecule has 2 aromatic carbocycles. The van der Waals surface area contributed by atoms with Gasteiger partial charge < -0.3 is 4.74 Å². The summed E-state index contributed by atoms with van der Waals surface area (Å²) in [6.45, 7) is 2.12. The lowest BCUT2D eigenvalue weighted by molar-refractivity contribution is 0.0526. The molecule has 88 valence electrons. The summed E-state index contributed by atoms with van der Waals surface area (Å²) in [5, 5.41) is 2.79. The van der Waals surface area contributed by atoms with E-state index in [2.05, 4.69) is 0 Å². The standard InChI is InChI=1S/C13H10Cl2O2/c1-2-17-13(16)9-4-3-8-5-10(14)7-12(15)11(8)6-9/h3-7H,2H2,1H3. The highest BCUT2D eigenvalue weighted by molar-refractivity contribution is 6.38. The number of fused-ring (bicyclic) bond motifs is 1. The van der Waals surface area contributed by atoms with E-state index in [-0.39, 0.29) is 5.97 Å². The van der Waals surface area contributed by atoms with Crippen molar-refractivity contribution in [1.29, 1.82) is 0 Å². The zero-order chi connectivity index (χ0) is 12.4. The van der Waals surface area contributed by atoms with Gasteiger partial charge >= 0.3 is 5.97 Å². The predicted octanol–water partition coefficient (Wildman–Crippen LogP) is 4.32. The molecule has 0 spiro atoms. The number of benzene rings is 2. The summed E-state index contributed by atoms with van der Waals surface area (Å²) in [5.74, 6) is -0.347. The van der Waals surface area contributed by atoms with Crippen LogP contribution in [-0.4, -0.2) is 12.6 Å². The van der Waals surface area contributed by atoms with Crippen LogP contribution in [0.1, 0.15) is 17.3 Å². The van der Waals surface area contributed by atoms with Gasteiger partial charge in [-0.15, -0.1) is 0 Å². The van der Waals surface area contributed by atoms with Gasteiger partial charge in [0.2, 0.25) is 0 Å². The molecule has 0 aliphatic heterocycles. The van der Waals surface area contributed by atoms with Gasteiger partial charge in [0.1, 0.15) is 0 Å². The zero-order valence-corrected chi connectivity index (χ0v) is 10.7. The molecule has 0 bridgehead atoms. The van der Waals surface area contributed by atoms with E-state index in [0.29, 0.717) is 22.2 Å². The van der Waals surface area contributed by atoms with E-state index in [9.17, 15) is 4.79 Å². The molecule has 0 heterocycles. The fraction of sp³-hybridized carbons (Fsp3) is 0.154. The van der Waals surface area contributed by atoms with Crippen molar-refractivity contribution in [2.24, 2.45) is 0 Å².